The van der Waals surface area contributed by atoms with Gasteiger partial charge < -0.3 is 48.1 Å². The van der Waals surface area contributed by atoms with Gasteiger partial charge in [0.25, 0.3) is 0 Å². The molecule has 0 spiro atoms. The van der Waals surface area contributed by atoms with Gasteiger partial charge in [-0.3, -0.25) is 9.59 Å². The van der Waals surface area contributed by atoms with E-state index in [0.717, 1.165) is 53.5 Å². The summed E-state index contributed by atoms with van der Waals surface area (Å²) in [6.07, 6.45) is 4.96. The van der Waals surface area contributed by atoms with Crippen LogP contribution in [-0.2, 0) is 47.5 Å². The molecule has 17 atom stereocenters. The lowest BCUT2D eigenvalue weighted by Crippen LogP contribution is -2.59. The summed E-state index contributed by atoms with van der Waals surface area (Å²) in [6, 6.07) is 7.94. The number of Topliss-reactive ketones (excluding diaryl/α,β-unsaturated/α-hetero) is 1. The third-order valence-electron chi connectivity index (χ3n) is 15.0. The second-order valence-electron chi connectivity index (χ2n) is 18.9. The highest BCUT2D eigenvalue weighted by Crippen LogP contribution is 2.63. The molecule has 3 aliphatic carbocycles. The zero-order valence-electron chi connectivity index (χ0n) is 38.3. The van der Waals surface area contributed by atoms with Gasteiger partial charge in [-0.25, -0.2) is 4.98 Å². The summed E-state index contributed by atoms with van der Waals surface area (Å²) in [5, 5.41) is 4.81. The highest BCUT2D eigenvalue weighted by atomic mass is 35.5. The Morgan fingerprint density at radius 3 is 2.37 bits per heavy atom. The molecule has 3 aliphatic heterocycles. The number of ether oxygens (including phenoxy) is 8. The first-order valence-electron chi connectivity index (χ1n) is 23.2. The van der Waals surface area contributed by atoms with E-state index in [1.807, 2.05) is 38.1 Å². The molecule has 13 nitrogen and oxygen atoms in total. The van der Waals surface area contributed by atoms with Crippen LogP contribution < -0.4 is 5.32 Å². The van der Waals surface area contributed by atoms with Crippen molar-refractivity contribution in [2.24, 2.45) is 23.7 Å². The van der Waals surface area contributed by atoms with E-state index in [2.05, 4.69) is 44.2 Å². The molecule has 15 heteroatoms. The van der Waals surface area contributed by atoms with Crippen LogP contribution in [0.4, 0.5) is 10.8 Å². The van der Waals surface area contributed by atoms with E-state index in [4.69, 9.17) is 54.5 Å². The van der Waals surface area contributed by atoms with Gasteiger partial charge in [-0.15, -0.1) is 11.3 Å². The summed E-state index contributed by atoms with van der Waals surface area (Å²) < 4.78 is 50.5. The zero-order valence-corrected chi connectivity index (χ0v) is 39.9. The second-order valence-corrected chi connectivity index (χ2v) is 20.3. The number of para-hydroxylation sites is 1. The van der Waals surface area contributed by atoms with Gasteiger partial charge in [-0.2, -0.15) is 0 Å². The lowest BCUT2D eigenvalue weighted by Gasteiger charge is -2.44. The fourth-order valence-corrected chi connectivity index (χ4v) is 13.2. The molecule has 2 aromatic rings. The van der Waals surface area contributed by atoms with Crippen molar-refractivity contribution < 1.29 is 47.5 Å². The van der Waals surface area contributed by atoms with Crippen molar-refractivity contribution in [3.63, 3.8) is 0 Å². The average Bonchev–Trinajstić information content (AvgIpc) is 3.98. The number of benzene rings is 1. The number of rotatable bonds is 11. The maximum Gasteiger partial charge on any atom is 0.306 e. The molecule has 4 heterocycles. The first-order valence-corrected chi connectivity index (χ1v) is 24.4. The monoisotopic (exact) mass is 913 g/mol. The number of ketones is 1. The number of anilines is 2. The number of halogens is 1. The number of nitrogens with zero attached hydrogens (tertiary/aromatic N) is 2. The lowest BCUT2D eigenvalue weighted by atomic mass is 9.67. The number of methoxy groups -OCH3 is 3. The summed E-state index contributed by atoms with van der Waals surface area (Å²) in [5.74, 6) is -1.22. The number of thiazole rings is 1. The minimum Gasteiger partial charge on any atom is -0.462 e. The van der Waals surface area contributed by atoms with Crippen LogP contribution in [0.1, 0.15) is 108 Å². The number of allylic oxidation sites excluding steroid dienone is 2. The zero-order chi connectivity index (χ0) is 44.7. The number of hydrogen-bond acceptors (Lipinski definition) is 14. The maximum atomic E-state index is 15.2. The molecule has 0 bridgehead atoms. The van der Waals surface area contributed by atoms with Crippen LogP contribution in [0.5, 0.6) is 0 Å². The number of hydrogen-bond donors (Lipinski definition) is 1. The van der Waals surface area contributed by atoms with Crippen LogP contribution in [0.2, 0.25) is 5.02 Å². The molecule has 1 aromatic heterocycles. The van der Waals surface area contributed by atoms with Crippen LogP contribution in [0, 0.1) is 23.7 Å². The largest absolute Gasteiger partial charge is 0.462 e. The number of nitrogens with one attached hydrogen (secondary N) is 1. The summed E-state index contributed by atoms with van der Waals surface area (Å²) >= 11 is 8.28. The Hall–Kier alpha value is -2.50. The van der Waals surface area contributed by atoms with Gasteiger partial charge in [0.15, 0.2) is 23.5 Å². The number of esters is 1. The summed E-state index contributed by atoms with van der Waals surface area (Å²) in [6.45, 7) is 8.14. The number of fused-ring (bicyclic) bond motifs is 8. The van der Waals surface area contributed by atoms with Gasteiger partial charge in [0, 0.05) is 55.9 Å². The molecule has 0 amide bonds. The molecule has 0 radical (unpaired) electrons. The normalized spacial score (nSPS) is 39.6. The van der Waals surface area contributed by atoms with E-state index in [1.54, 1.807) is 32.7 Å². The van der Waals surface area contributed by atoms with Crippen molar-refractivity contribution in [1.82, 2.24) is 9.88 Å². The molecule has 4 fully saturated rings. The van der Waals surface area contributed by atoms with Gasteiger partial charge in [0.05, 0.1) is 47.2 Å². The van der Waals surface area contributed by atoms with Crippen molar-refractivity contribution >= 4 is 45.5 Å². The second kappa shape index (κ2) is 20.2. The molecule has 1 N–H and O–H groups in total. The first-order chi connectivity index (χ1) is 30.3. The Labute approximate surface area is 382 Å². The molecule has 5 unspecified atom stereocenters. The molecule has 8 rings (SSSR count). The molecule has 348 valence electrons. The Balaban J connectivity index is 1.14. The van der Waals surface area contributed by atoms with E-state index in [-0.39, 0.29) is 84.6 Å². The summed E-state index contributed by atoms with van der Waals surface area (Å²) in [5.41, 5.74) is 2.37. The molecular formula is C48H68ClN3O10S. The van der Waals surface area contributed by atoms with E-state index in [9.17, 15) is 4.79 Å². The third-order valence-corrected chi connectivity index (χ3v) is 16.5. The summed E-state index contributed by atoms with van der Waals surface area (Å²) in [7, 11) is 9.13. The van der Waals surface area contributed by atoms with Crippen LogP contribution in [-0.4, -0.2) is 125 Å². The average molecular weight is 915 g/mol. The van der Waals surface area contributed by atoms with Crippen LogP contribution >= 0.6 is 22.9 Å². The first kappa shape index (κ1) is 47.0. The topological polar surface area (TPSA) is 136 Å². The molecular weight excluding hydrogens is 846 g/mol. The van der Waals surface area contributed by atoms with Crippen molar-refractivity contribution in [3.8, 4) is 0 Å². The fourth-order valence-electron chi connectivity index (χ4n) is 11.8. The van der Waals surface area contributed by atoms with Crippen LogP contribution in [0.25, 0.3) is 0 Å². The fraction of sp³-hybridized carbons (Fsp3) is 0.729. The number of likely N-dealkylation sites (N-methyl/N-ethyl adjacent to an activating group) is 1. The number of carbonyl (C=O) groups is 2. The Morgan fingerprint density at radius 1 is 0.905 bits per heavy atom. The SMILES string of the molecule is CC[C@H]1CCC[C@H](O[C@H]2CC[C@H](N(C)C)C(C)O2)[C@@H](C)C(=O)C2=C[C@@H]3C(c4nc(Nc5ccccc5Cl)sc4C4C[C@@H](O[C@@H]5OC(C)[C@H](OC)C(OC)[C@@H]5OC)C[C@H]43)[C@@H]2CC(=O)O1. The van der Waals surface area contributed by atoms with Crippen LogP contribution in [0.15, 0.2) is 35.9 Å². The molecule has 6 aliphatic rings. The Morgan fingerprint density at radius 2 is 1.67 bits per heavy atom. The van der Waals surface area contributed by atoms with Crippen LogP contribution in [0.3, 0.4) is 0 Å². The van der Waals surface area contributed by atoms with Gasteiger partial charge in [-0.1, -0.05) is 43.7 Å². The van der Waals surface area contributed by atoms with Gasteiger partial charge in [-0.05, 0) is 109 Å². The number of cyclic esters (lactones) is 1. The predicted octanol–water partition coefficient (Wildman–Crippen LogP) is 8.42. The molecule has 1 aromatic carbocycles. The number of aromatic nitrogens is 1. The standard InChI is InChI=1S/C48H68ClN3O10S/c1-10-27-14-13-17-37(62-39-19-18-36(52(5)6)25(3)58-39)24(2)42(54)32-22-30-29-20-28(61-47-45(57-9)44(56-8)43(55-7)26(4)59-47)21-33(29)46-41(40(30)31(32)23-38(53)60-27)51-48(63-46)50-35-16-12-11-15-34(35)49/h11-12,15-16,22,24-31,33,36-37,39-40,43-45,47H,10,13-14,17-21,23H2,1-9H3,(H,50,51)/t24-,25?,26?,27+,28+,29+,30+,31-,33?,36+,37+,39+,40?,43+,44?,45+,47+/m1/s1. The predicted molar refractivity (Wildman–Crippen MR) is 240 cm³/mol. The Bertz CT molecular complexity index is 1950. The Kier molecular flexibility index (Phi) is 15.0. The third kappa shape index (κ3) is 9.55. The van der Waals surface area contributed by atoms with E-state index >= 15 is 4.79 Å². The van der Waals surface area contributed by atoms with Crippen molar-refractivity contribution in [3.05, 3.63) is 51.5 Å². The maximum absolute atomic E-state index is 15.2. The van der Waals surface area contributed by atoms with Crippen molar-refractivity contribution in [2.45, 2.75) is 165 Å². The van der Waals surface area contributed by atoms with Crippen molar-refractivity contribution in [2.75, 3.05) is 40.7 Å². The molecule has 63 heavy (non-hydrogen) atoms. The summed E-state index contributed by atoms with van der Waals surface area (Å²) in [4.78, 5) is 38.0. The minimum atomic E-state index is -0.678. The quantitative estimate of drug-likeness (QED) is 0.216. The molecule has 3 saturated heterocycles. The minimum absolute atomic E-state index is 0.00107. The van der Waals surface area contributed by atoms with Crippen molar-refractivity contribution in [1.29, 1.82) is 0 Å². The lowest BCUT2D eigenvalue weighted by molar-refractivity contribution is -0.314. The molecule has 1 saturated carbocycles. The van der Waals surface area contributed by atoms with Gasteiger partial charge in [0.1, 0.15) is 24.4 Å². The smallest absolute Gasteiger partial charge is 0.306 e. The highest BCUT2D eigenvalue weighted by molar-refractivity contribution is 7.15. The van der Waals surface area contributed by atoms with E-state index in [1.165, 1.54) is 0 Å². The highest BCUT2D eigenvalue weighted by Gasteiger charge is 2.57. The van der Waals surface area contributed by atoms with E-state index < -0.39 is 30.5 Å². The van der Waals surface area contributed by atoms with Gasteiger partial charge >= 0.3 is 5.97 Å². The van der Waals surface area contributed by atoms with E-state index in [0.29, 0.717) is 35.9 Å². The van der Waals surface area contributed by atoms with Gasteiger partial charge in [0.2, 0.25) is 0 Å². The number of carbonyl (C=O) groups excluding carboxylic acids is 2.